The summed E-state index contributed by atoms with van der Waals surface area (Å²) in [5.74, 6) is -0.801. The van der Waals surface area contributed by atoms with Gasteiger partial charge in [-0.05, 0) is 50.1 Å². The van der Waals surface area contributed by atoms with Crippen LogP contribution < -0.4 is 10.1 Å². The highest BCUT2D eigenvalue weighted by Gasteiger charge is 2.14. The number of rotatable bonds is 8. The summed E-state index contributed by atoms with van der Waals surface area (Å²) in [6.45, 7) is 4.42. The zero-order valence-corrected chi connectivity index (χ0v) is 16.8. The molecule has 0 saturated heterocycles. The average Bonchev–Trinajstić information content (AvgIpc) is 3.06. The Kier molecular flexibility index (Phi) is 6.76. The number of carbonyl (C=O) groups excluding carboxylic acids is 1. The molecule has 0 radical (unpaired) electrons. The number of nitrogens with one attached hydrogen (secondary N) is 1. The van der Waals surface area contributed by atoms with Gasteiger partial charge in [0.05, 0.1) is 27.5 Å². The molecule has 0 aliphatic carbocycles. The summed E-state index contributed by atoms with van der Waals surface area (Å²) in [5.41, 5.74) is 1.42. The second kappa shape index (κ2) is 9.46. The summed E-state index contributed by atoms with van der Waals surface area (Å²) in [5, 5.41) is 3.57. The van der Waals surface area contributed by atoms with Crippen LogP contribution in [-0.4, -0.2) is 17.5 Å². The van der Waals surface area contributed by atoms with Crippen LogP contribution in [0.25, 0.3) is 10.2 Å². The zero-order valence-electron chi connectivity index (χ0n) is 16.0. The predicted molar refractivity (Wildman–Crippen MR) is 113 cm³/mol. The van der Waals surface area contributed by atoms with Crippen molar-refractivity contribution < 1.29 is 13.9 Å². The molecule has 0 unspecified atom stereocenters. The molecule has 146 valence electrons. The molecule has 6 heteroatoms. The normalized spacial score (nSPS) is 11.2. The van der Waals surface area contributed by atoms with Gasteiger partial charge in [-0.1, -0.05) is 31.6 Å². The van der Waals surface area contributed by atoms with E-state index in [4.69, 9.17) is 4.74 Å². The molecule has 0 atom stereocenters. The summed E-state index contributed by atoms with van der Waals surface area (Å²) >= 11 is 1.52. The molecule has 4 nitrogen and oxygen atoms in total. The maximum absolute atomic E-state index is 14.7. The lowest BCUT2D eigenvalue weighted by Gasteiger charge is -2.11. The Morgan fingerprint density at radius 2 is 2.07 bits per heavy atom. The predicted octanol–water partition coefficient (Wildman–Crippen LogP) is 6.12. The third kappa shape index (κ3) is 4.95. The first-order valence-corrected chi connectivity index (χ1v) is 10.1. The van der Waals surface area contributed by atoms with E-state index >= 15 is 0 Å². The number of aromatic nitrogens is 1. The lowest BCUT2D eigenvalue weighted by molar-refractivity contribution is 0.102. The van der Waals surface area contributed by atoms with Crippen molar-refractivity contribution >= 4 is 33.1 Å². The fourth-order valence-electron chi connectivity index (χ4n) is 2.73. The zero-order chi connectivity index (χ0) is 19.9. The van der Waals surface area contributed by atoms with Crippen LogP contribution in [0.4, 0.5) is 10.1 Å². The highest BCUT2D eigenvalue weighted by atomic mass is 32.1. The van der Waals surface area contributed by atoms with Crippen molar-refractivity contribution in [3.05, 3.63) is 64.9 Å². The number of allylic oxidation sites excluding steroid dienone is 1. The highest BCUT2D eigenvalue weighted by molar-refractivity contribution is 7.18. The van der Waals surface area contributed by atoms with E-state index in [1.54, 1.807) is 30.3 Å². The van der Waals surface area contributed by atoms with E-state index in [0.29, 0.717) is 18.6 Å². The molecule has 1 heterocycles. The molecule has 0 saturated carbocycles. The van der Waals surface area contributed by atoms with Crippen LogP contribution in [0, 0.1) is 12.7 Å². The summed E-state index contributed by atoms with van der Waals surface area (Å²) in [7, 11) is 0. The number of aryl methyl sites for hydroxylation is 1. The Labute approximate surface area is 168 Å². The maximum Gasteiger partial charge on any atom is 0.255 e. The molecule has 0 bridgehead atoms. The minimum Gasteiger partial charge on any atom is -0.490 e. The topological polar surface area (TPSA) is 51.2 Å². The lowest BCUT2D eigenvalue weighted by Crippen LogP contribution is -2.13. The molecule has 1 aromatic heterocycles. The van der Waals surface area contributed by atoms with Gasteiger partial charge in [0.25, 0.3) is 5.91 Å². The number of halogens is 1. The molecule has 28 heavy (non-hydrogen) atoms. The summed E-state index contributed by atoms with van der Waals surface area (Å²) in [6, 6.07) is 10.0. The van der Waals surface area contributed by atoms with E-state index in [-0.39, 0.29) is 17.3 Å². The Bertz CT molecular complexity index is 997. The van der Waals surface area contributed by atoms with Gasteiger partial charge in [-0.15, -0.1) is 11.3 Å². The number of hydrogen-bond acceptors (Lipinski definition) is 4. The van der Waals surface area contributed by atoms with E-state index in [1.807, 2.05) is 13.0 Å². The van der Waals surface area contributed by atoms with Gasteiger partial charge < -0.3 is 10.1 Å². The number of unbranched alkanes of at least 4 members (excludes halogenated alkanes) is 1. The quantitative estimate of drug-likeness (QED) is 0.367. The van der Waals surface area contributed by atoms with Crippen molar-refractivity contribution in [3.63, 3.8) is 0 Å². The molecule has 0 spiro atoms. The van der Waals surface area contributed by atoms with E-state index < -0.39 is 5.82 Å². The molecule has 0 fully saturated rings. The SMILES string of the molecule is CCCC=CCCOc1cccc(NC(=O)c2ccc3nc(C)sc3c2)c1F. The second-order valence-electron chi connectivity index (χ2n) is 6.38. The molecule has 3 rings (SSSR count). The molecule has 0 aliphatic rings. The Morgan fingerprint density at radius 1 is 1.25 bits per heavy atom. The van der Waals surface area contributed by atoms with Crippen LogP contribution in [0.1, 0.15) is 41.6 Å². The van der Waals surface area contributed by atoms with Crippen LogP contribution in [-0.2, 0) is 0 Å². The second-order valence-corrected chi connectivity index (χ2v) is 7.62. The fourth-order valence-corrected chi connectivity index (χ4v) is 3.60. The monoisotopic (exact) mass is 398 g/mol. The highest BCUT2D eigenvalue weighted by Crippen LogP contribution is 2.26. The van der Waals surface area contributed by atoms with Gasteiger partial charge in [0, 0.05) is 5.56 Å². The van der Waals surface area contributed by atoms with E-state index in [9.17, 15) is 9.18 Å². The largest absolute Gasteiger partial charge is 0.490 e. The molecule has 0 aliphatic heterocycles. The van der Waals surface area contributed by atoms with E-state index in [0.717, 1.165) is 28.1 Å². The van der Waals surface area contributed by atoms with Gasteiger partial charge in [-0.3, -0.25) is 4.79 Å². The molecule has 3 aromatic rings. The van der Waals surface area contributed by atoms with Crippen LogP contribution in [0.2, 0.25) is 0 Å². The number of fused-ring (bicyclic) bond motifs is 1. The van der Waals surface area contributed by atoms with Crippen molar-refractivity contribution in [3.8, 4) is 5.75 Å². The maximum atomic E-state index is 14.7. The molecular weight excluding hydrogens is 375 g/mol. The summed E-state index contributed by atoms with van der Waals surface area (Å²) in [4.78, 5) is 16.9. The molecule has 1 N–H and O–H groups in total. The van der Waals surface area contributed by atoms with E-state index in [1.165, 1.54) is 17.4 Å². The fraction of sp³-hybridized carbons (Fsp3) is 0.273. The van der Waals surface area contributed by atoms with Crippen molar-refractivity contribution in [2.45, 2.75) is 33.1 Å². The number of hydrogen-bond donors (Lipinski definition) is 1. The number of ether oxygens (including phenoxy) is 1. The number of benzene rings is 2. The van der Waals surface area contributed by atoms with Crippen LogP contribution in [0.5, 0.6) is 5.75 Å². The van der Waals surface area contributed by atoms with Crippen molar-refractivity contribution in [1.29, 1.82) is 0 Å². The van der Waals surface area contributed by atoms with Crippen molar-refractivity contribution in [1.82, 2.24) is 4.98 Å². The molecule has 2 aromatic carbocycles. The number of nitrogens with zero attached hydrogens (tertiary/aromatic N) is 1. The minimum absolute atomic E-state index is 0.101. The number of amides is 1. The summed E-state index contributed by atoms with van der Waals surface area (Å²) in [6.07, 6.45) is 6.97. The van der Waals surface area contributed by atoms with Gasteiger partial charge in [-0.25, -0.2) is 9.37 Å². The van der Waals surface area contributed by atoms with Crippen LogP contribution >= 0.6 is 11.3 Å². The first kappa shape index (κ1) is 20.0. The Hall–Kier alpha value is -2.73. The van der Waals surface area contributed by atoms with Gasteiger partial charge in [0.2, 0.25) is 0 Å². The lowest BCUT2D eigenvalue weighted by atomic mass is 10.2. The Morgan fingerprint density at radius 3 is 2.89 bits per heavy atom. The van der Waals surface area contributed by atoms with Gasteiger partial charge in [0.1, 0.15) is 0 Å². The van der Waals surface area contributed by atoms with E-state index in [2.05, 4.69) is 23.3 Å². The third-order valence-electron chi connectivity index (χ3n) is 4.13. The summed E-state index contributed by atoms with van der Waals surface area (Å²) < 4.78 is 21.1. The van der Waals surface area contributed by atoms with Gasteiger partial charge in [0.15, 0.2) is 11.6 Å². The third-order valence-corrected chi connectivity index (χ3v) is 5.07. The Balaban J connectivity index is 1.66. The minimum atomic E-state index is -0.567. The first-order chi connectivity index (χ1) is 13.6. The first-order valence-electron chi connectivity index (χ1n) is 9.33. The average molecular weight is 399 g/mol. The smallest absolute Gasteiger partial charge is 0.255 e. The number of carbonyl (C=O) groups is 1. The molecule has 1 amide bonds. The van der Waals surface area contributed by atoms with Gasteiger partial charge >= 0.3 is 0 Å². The van der Waals surface area contributed by atoms with Crippen molar-refractivity contribution in [2.24, 2.45) is 0 Å². The van der Waals surface area contributed by atoms with Gasteiger partial charge in [-0.2, -0.15) is 0 Å². The van der Waals surface area contributed by atoms with Crippen molar-refractivity contribution in [2.75, 3.05) is 11.9 Å². The van der Waals surface area contributed by atoms with Crippen LogP contribution in [0.15, 0.2) is 48.6 Å². The number of thiazole rings is 1. The van der Waals surface area contributed by atoms with Crippen LogP contribution in [0.3, 0.4) is 0 Å². The molecular formula is C22H23FN2O2S. The standard InChI is InChI=1S/C22H23FN2O2S/c1-3-4-5-6-7-13-27-19-10-8-9-18(21(19)23)25-22(26)16-11-12-17-20(14-16)28-15(2)24-17/h5-6,8-12,14H,3-4,7,13H2,1-2H3,(H,25,26). The number of anilines is 1.